The molecule has 0 radical (unpaired) electrons. The normalized spacial score (nSPS) is 21.0. The van der Waals surface area contributed by atoms with E-state index >= 15 is 0 Å². The zero-order chi connectivity index (χ0) is 13.2. The Morgan fingerprint density at radius 1 is 1.53 bits per heavy atom. The van der Waals surface area contributed by atoms with Crippen molar-refractivity contribution in [2.24, 2.45) is 5.92 Å². The van der Waals surface area contributed by atoms with Crippen molar-refractivity contribution in [3.63, 3.8) is 0 Å². The molecule has 1 aliphatic rings. The van der Waals surface area contributed by atoms with Gasteiger partial charge in [-0.1, -0.05) is 13.3 Å². The molecule has 1 fully saturated rings. The highest BCUT2D eigenvalue weighted by molar-refractivity contribution is 7.15. The van der Waals surface area contributed by atoms with Crippen LogP contribution in [-0.4, -0.2) is 27.4 Å². The van der Waals surface area contributed by atoms with E-state index in [1.54, 1.807) is 16.7 Å². The van der Waals surface area contributed by atoms with Crippen LogP contribution in [0.2, 0.25) is 0 Å². The Kier molecular flexibility index (Phi) is 3.66. The molecule has 0 spiro atoms. The summed E-state index contributed by atoms with van der Waals surface area (Å²) in [5.74, 6) is 0.806. The maximum absolute atomic E-state index is 11.9. The number of hydrogen-bond donors (Lipinski definition) is 0. The van der Waals surface area contributed by atoms with E-state index in [0.717, 1.165) is 36.2 Å². The molecule has 0 aliphatic carbocycles. The first-order valence-corrected chi connectivity index (χ1v) is 7.82. The maximum Gasteiger partial charge on any atom is 0.258 e. The van der Waals surface area contributed by atoms with Crippen molar-refractivity contribution in [3.05, 3.63) is 33.7 Å². The third kappa shape index (κ3) is 2.72. The largest absolute Gasteiger partial charge is 0.297 e. The lowest BCUT2D eigenvalue weighted by molar-refractivity contribution is 0.163. The molecular weight excluding hydrogens is 258 g/mol. The van der Waals surface area contributed by atoms with E-state index < -0.39 is 0 Å². The Morgan fingerprint density at radius 2 is 2.42 bits per heavy atom. The first-order valence-electron chi connectivity index (χ1n) is 6.94. The highest BCUT2D eigenvalue weighted by Crippen LogP contribution is 2.20. The quantitative estimate of drug-likeness (QED) is 0.864. The van der Waals surface area contributed by atoms with Crippen molar-refractivity contribution >= 4 is 16.3 Å². The van der Waals surface area contributed by atoms with Crippen molar-refractivity contribution < 1.29 is 0 Å². The van der Waals surface area contributed by atoms with Gasteiger partial charge in [0.2, 0.25) is 0 Å². The van der Waals surface area contributed by atoms with Gasteiger partial charge in [-0.25, -0.2) is 4.98 Å². The Balaban J connectivity index is 1.79. The van der Waals surface area contributed by atoms with E-state index in [2.05, 4.69) is 16.8 Å². The molecule has 3 heterocycles. The standard InChI is InChI=1S/C14H19N3OS/c1-2-11-4-3-5-16(9-11)10-12-8-13(18)17-6-7-19-14(17)15-12/h6-8,11H,2-5,9-10H2,1H3. The molecule has 0 saturated carbocycles. The molecule has 5 heteroatoms. The van der Waals surface area contributed by atoms with Crippen LogP contribution < -0.4 is 5.56 Å². The van der Waals surface area contributed by atoms with E-state index in [1.807, 2.05) is 5.38 Å². The van der Waals surface area contributed by atoms with Gasteiger partial charge in [0.25, 0.3) is 5.56 Å². The van der Waals surface area contributed by atoms with Gasteiger partial charge in [-0.05, 0) is 25.3 Å². The molecule has 2 aromatic heterocycles. The van der Waals surface area contributed by atoms with Crippen LogP contribution in [0.3, 0.4) is 0 Å². The molecular formula is C14H19N3OS. The Hall–Kier alpha value is -1.20. The number of hydrogen-bond acceptors (Lipinski definition) is 4. The van der Waals surface area contributed by atoms with E-state index in [1.165, 1.54) is 30.6 Å². The average molecular weight is 277 g/mol. The number of piperidine rings is 1. The van der Waals surface area contributed by atoms with Crippen molar-refractivity contribution in [1.82, 2.24) is 14.3 Å². The third-order valence-corrected chi connectivity index (χ3v) is 4.68. The molecule has 0 amide bonds. The highest BCUT2D eigenvalue weighted by atomic mass is 32.1. The summed E-state index contributed by atoms with van der Waals surface area (Å²) in [7, 11) is 0. The fraction of sp³-hybridized carbons (Fsp3) is 0.571. The summed E-state index contributed by atoms with van der Waals surface area (Å²) in [6, 6.07) is 1.68. The molecule has 102 valence electrons. The fourth-order valence-electron chi connectivity index (χ4n) is 2.83. The molecule has 2 aromatic rings. The van der Waals surface area contributed by atoms with Crippen LogP contribution >= 0.6 is 11.3 Å². The molecule has 0 N–H and O–H groups in total. The summed E-state index contributed by atoms with van der Waals surface area (Å²) >= 11 is 1.52. The molecule has 1 saturated heterocycles. The Morgan fingerprint density at radius 3 is 3.26 bits per heavy atom. The monoisotopic (exact) mass is 277 g/mol. The predicted molar refractivity (Wildman–Crippen MR) is 77.6 cm³/mol. The van der Waals surface area contributed by atoms with Gasteiger partial charge in [0.05, 0.1) is 5.69 Å². The molecule has 0 aromatic carbocycles. The number of aromatic nitrogens is 2. The molecule has 1 atom stereocenters. The van der Waals surface area contributed by atoms with Gasteiger partial charge in [-0.2, -0.15) is 0 Å². The second-order valence-electron chi connectivity index (χ2n) is 5.29. The van der Waals surface area contributed by atoms with Gasteiger partial charge in [0, 0.05) is 30.7 Å². The van der Waals surface area contributed by atoms with Crippen molar-refractivity contribution in [3.8, 4) is 0 Å². The number of fused-ring (bicyclic) bond motifs is 1. The minimum atomic E-state index is 0.0327. The van der Waals surface area contributed by atoms with Crippen LogP contribution in [0.1, 0.15) is 31.9 Å². The van der Waals surface area contributed by atoms with E-state index in [9.17, 15) is 4.79 Å². The van der Waals surface area contributed by atoms with Gasteiger partial charge in [0.1, 0.15) is 0 Å². The van der Waals surface area contributed by atoms with Crippen LogP contribution in [-0.2, 0) is 6.54 Å². The van der Waals surface area contributed by atoms with Crippen LogP contribution in [0.25, 0.3) is 4.96 Å². The SMILES string of the molecule is CCC1CCCN(Cc2cc(=O)n3ccsc3n2)C1. The lowest BCUT2D eigenvalue weighted by Gasteiger charge is -2.31. The molecule has 1 aliphatic heterocycles. The first-order chi connectivity index (χ1) is 9.26. The molecule has 4 nitrogen and oxygen atoms in total. The van der Waals surface area contributed by atoms with E-state index in [4.69, 9.17) is 0 Å². The van der Waals surface area contributed by atoms with E-state index in [0.29, 0.717) is 0 Å². The van der Waals surface area contributed by atoms with Gasteiger partial charge in [-0.3, -0.25) is 14.1 Å². The van der Waals surface area contributed by atoms with Crippen LogP contribution in [0.15, 0.2) is 22.4 Å². The molecule has 1 unspecified atom stereocenters. The number of rotatable bonds is 3. The maximum atomic E-state index is 11.9. The third-order valence-electron chi connectivity index (χ3n) is 3.92. The number of likely N-dealkylation sites (tertiary alicyclic amines) is 1. The summed E-state index contributed by atoms with van der Waals surface area (Å²) in [4.78, 5) is 19.7. The zero-order valence-corrected chi connectivity index (χ0v) is 12.0. The summed E-state index contributed by atoms with van der Waals surface area (Å²) in [6.45, 7) is 5.33. The van der Waals surface area contributed by atoms with Gasteiger partial charge in [-0.15, -0.1) is 11.3 Å². The Bertz CT molecular complexity index is 618. The number of thiazole rings is 1. The van der Waals surface area contributed by atoms with Gasteiger partial charge < -0.3 is 0 Å². The summed E-state index contributed by atoms with van der Waals surface area (Å²) in [6.07, 6.45) is 5.63. The fourth-order valence-corrected chi connectivity index (χ4v) is 3.56. The molecule has 19 heavy (non-hydrogen) atoms. The second-order valence-corrected chi connectivity index (χ2v) is 6.17. The molecule has 0 bridgehead atoms. The Labute approximate surface area is 116 Å². The van der Waals surface area contributed by atoms with Crippen LogP contribution in [0.5, 0.6) is 0 Å². The second kappa shape index (κ2) is 5.43. The smallest absolute Gasteiger partial charge is 0.258 e. The molecule has 3 rings (SSSR count). The first kappa shape index (κ1) is 12.8. The summed E-state index contributed by atoms with van der Waals surface area (Å²) in [5.41, 5.74) is 0.939. The van der Waals surface area contributed by atoms with Crippen LogP contribution in [0.4, 0.5) is 0 Å². The van der Waals surface area contributed by atoms with Crippen molar-refractivity contribution in [1.29, 1.82) is 0 Å². The minimum Gasteiger partial charge on any atom is -0.297 e. The minimum absolute atomic E-state index is 0.0327. The lowest BCUT2D eigenvalue weighted by Crippen LogP contribution is -2.35. The average Bonchev–Trinajstić information content (AvgIpc) is 2.88. The van der Waals surface area contributed by atoms with Crippen molar-refractivity contribution in [2.45, 2.75) is 32.7 Å². The van der Waals surface area contributed by atoms with E-state index in [-0.39, 0.29) is 5.56 Å². The highest BCUT2D eigenvalue weighted by Gasteiger charge is 2.19. The summed E-state index contributed by atoms with van der Waals surface area (Å²) < 4.78 is 1.61. The van der Waals surface area contributed by atoms with Crippen LogP contribution in [0, 0.1) is 5.92 Å². The number of nitrogens with zero attached hydrogens (tertiary/aromatic N) is 3. The van der Waals surface area contributed by atoms with Gasteiger partial charge >= 0.3 is 0 Å². The topological polar surface area (TPSA) is 37.6 Å². The van der Waals surface area contributed by atoms with Gasteiger partial charge in [0.15, 0.2) is 4.96 Å². The predicted octanol–water partition coefficient (Wildman–Crippen LogP) is 2.38. The zero-order valence-electron chi connectivity index (χ0n) is 11.2. The summed E-state index contributed by atoms with van der Waals surface area (Å²) in [5, 5.41) is 1.90. The van der Waals surface area contributed by atoms with Crippen molar-refractivity contribution in [2.75, 3.05) is 13.1 Å². The lowest BCUT2D eigenvalue weighted by atomic mass is 9.95.